The van der Waals surface area contributed by atoms with E-state index in [-0.39, 0.29) is 5.92 Å². The van der Waals surface area contributed by atoms with E-state index in [0.717, 1.165) is 13.0 Å². The molecular formula is C13H23N3. The Kier molecular flexibility index (Phi) is 3.83. The van der Waals surface area contributed by atoms with Crippen molar-refractivity contribution in [2.75, 3.05) is 27.2 Å². The van der Waals surface area contributed by atoms with Gasteiger partial charge in [-0.1, -0.05) is 12.8 Å². The van der Waals surface area contributed by atoms with Gasteiger partial charge in [0.25, 0.3) is 0 Å². The van der Waals surface area contributed by atoms with Crippen LogP contribution in [0, 0.1) is 17.2 Å². The predicted molar refractivity (Wildman–Crippen MR) is 65.0 cm³/mol. The van der Waals surface area contributed by atoms with Crippen molar-refractivity contribution in [3.63, 3.8) is 0 Å². The minimum atomic E-state index is 0.287. The molecule has 0 N–H and O–H groups in total. The number of hydrogen-bond acceptors (Lipinski definition) is 3. The summed E-state index contributed by atoms with van der Waals surface area (Å²) in [6.07, 6.45) is 6.18. The quantitative estimate of drug-likeness (QED) is 0.711. The lowest BCUT2D eigenvalue weighted by Gasteiger charge is -2.35. The van der Waals surface area contributed by atoms with Crippen molar-refractivity contribution in [2.45, 2.75) is 44.2 Å². The van der Waals surface area contributed by atoms with E-state index in [0.29, 0.717) is 12.1 Å². The van der Waals surface area contributed by atoms with Crippen LogP contribution in [0.15, 0.2) is 0 Å². The summed E-state index contributed by atoms with van der Waals surface area (Å²) < 4.78 is 0. The van der Waals surface area contributed by atoms with E-state index in [1.165, 1.54) is 32.2 Å². The van der Waals surface area contributed by atoms with E-state index in [9.17, 15) is 5.26 Å². The number of rotatable bonds is 2. The van der Waals surface area contributed by atoms with E-state index >= 15 is 0 Å². The Labute approximate surface area is 99.0 Å². The molecule has 0 amide bonds. The van der Waals surface area contributed by atoms with Crippen molar-refractivity contribution in [2.24, 2.45) is 5.92 Å². The molecule has 3 heteroatoms. The van der Waals surface area contributed by atoms with E-state index in [4.69, 9.17) is 0 Å². The van der Waals surface area contributed by atoms with E-state index in [1.54, 1.807) is 0 Å². The van der Waals surface area contributed by atoms with Gasteiger partial charge in [0.15, 0.2) is 0 Å². The van der Waals surface area contributed by atoms with E-state index < -0.39 is 0 Å². The molecular weight excluding hydrogens is 198 g/mol. The first-order valence-corrected chi connectivity index (χ1v) is 6.52. The van der Waals surface area contributed by atoms with Crippen molar-refractivity contribution < 1.29 is 0 Å². The fourth-order valence-electron chi connectivity index (χ4n) is 3.19. The minimum absolute atomic E-state index is 0.287. The average molecular weight is 221 g/mol. The van der Waals surface area contributed by atoms with Gasteiger partial charge in [0.05, 0.1) is 12.0 Å². The molecule has 1 heterocycles. The van der Waals surface area contributed by atoms with E-state index in [2.05, 4.69) is 30.0 Å². The lowest BCUT2D eigenvalue weighted by molar-refractivity contribution is 0.145. The van der Waals surface area contributed by atoms with Gasteiger partial charge in [-0.05, 0) is 33.4 Å². The van der Waals surface area contributed by atoms with Crippen LogP contribution in [0.2, 0.25) is 0 Å². The SMILES string of the molecule is CN(C)C1CCN(C2CCCCC2C#N)C1. The van der Waals surface area contributed by atoms with Gasteiger partial charge in [0.1, 0.15) is 0 Å². The second-order valence-electron chi connectivity index (χ2n) is 5.49. The fourth-order valence-corrected chi connectivity index (χ4v) is 3.19. The molecule has 1 saturated heterocycles. The van der Waals surface area contributed by atoms with Gasteiger partial charge >= 0.3 is 0 Å². The zero-order valence-electron chi connectivity index (χ0n) is 10.5. The fraction of sp³-hybridized carbons (Fsp3) is 0.923. The molecule has 3 atom stereocenters. The molecule has 0 aromatic rings. The van der Waals surface area contributed by atoms with Gasteiger partial charge in [0, 0.05) is 25.2 Å². The first kappa shape index (κ1) is 11.9. The highest BCUT2D eigenvalue weighted by atomic mass is 15.2. The van der Waals surface area contributed by atoms with Crippen molar-refractivity contribution >= 4 is 0 Å². The second-order valence-corrected chi connectivity index (χ2v) is 5.49. The standard InChI is InChI=1S/C13H23N3/c1-15(2)12-7-8-16(10-12)13-6-4-3-5-11(13)9-14/h11-13H,3-8,10H2,1-2H3. The normalized spacial score (nSPS) is 36.5. The number of nitriles is 1. The number of likely N-dealkylation sites (N-methyl/N-ethyl adjacent to an activating group) is 1. The summed E-state index contributed by atoms with van der Waals surface area (Å²) in [6.45, 7) is 2.35. The topological polar surface area (TPSA) is 30.3 Å². The molecule has 1 aliphatic heterocycles. The lowest BCUT2D eigenvalue weighted by atomic mass is 9.84. The molecule has 0 aromatic carbocycles. The summed E-state index contributed by atoms with van der Waals surface area (Å²) in [5, 5.41) is 9.21. The van der Waals surface area contributed by atoms with Gasteiger partial charge in [-0.15, -0.1) is 0 Å². The van der Waals surface area contributed by atoms with Crippen molar-refractivity contribution in [1.82, 2.24) is 9.80 Å². The van der Waals surface area contributed by atoms with Crippen molar-refractivity contribution in [3.05, 3.63) is 0 Å². The maximum Gasteiger partial charge on any atom is 0.0672 e. The highest BCUT2D eigenvalue weighted by Gasteiger charge is 2.34. The van der Waals surface area contributed by atoms with E-state index in [1.807, 2.05) is 0 Å². The van der Waals surface area contributed by atoms with Gasteiger partial charge in [0.2, 0.25) is 0 Å². The molecule has 0 bridgehead atoms. The van der Waals surface area contributed by atoms with Gasteiger partial charge in [-0.2, -0.15) is 5.26 Å². The summed E-state index contributed by atoms with van der Waals surface area (Å²) in [6, 6.07) is 3.76. The van der Waals surface area contributed by atoms with Crippen LogP contribution in [-0.4, -0.2) is 49.1 Å². The Morgan fingerprint density at radius 2 is 1.94 bits per heavy atom. The Balaban J connectivity index is 1.95. The van der Waals surface area contributed by atoms with Crippen LogP contribution in [0.5, 0.6) is 0 Å². The molecule has 16 heavy (non-hydrogen) atoms. The molecule has 2 aliphatic rings. The number of hydrogen-bond donors (Lipinski definition) is 0. The Bertz CT molecular complexity index is 269. The maximum atomic E-state index is 9.21. The van der Waals surface area contributed by atoms with Crippen LogP contribution in [0.3, 0.4) is 0 Å². The molecule has 0 spiro atoms. The molecule has 2 rings (SSSR count). The lowest BCUT2D eigenvalue weighted by Crippen LogP contribution is -2.42. The first-order valence-electron chi connectivity index (χ1n) is 6.52. The summed E-state index contributed by atoms with van der Waals surface area (Å²) >= 11 is 0. The smallest absolute Gasteiger partial charge is 0.0672 e. The highest BCUT2D eigenvalue weighted by molar-refractivity contribution is 4.98. The highest BCUT2D eigenvalue weighted by Crippen LogP contribution is 2.30. The summed E-state index contributed by atoms with van der Waals surface area (Å²) in [4.78, 5) is 4.89. The van der Waals surface area contributed by atoms with Crippen LogP contribution in [0.25, 0.3) is 0 Å². The molecule has 2 fully saturated rings. The Morgan fingerprint density at radius 1 is 1.19 bits per heavy atom. The minimum Gasteiger partial charge on any atom is -0.305 e. The second kappa shape index (κ2) is 5.16. The third-order valence-electron chi connectivity index (χ3n) is 4.29. The third-order valence-corrected chi connectivity index (χ3v) is 4.29. The third kappa shape index (κ3) is 2.39. The maximum absolute atomic E-state index is 9.21. The first-order chi connectivity index (χ1) is 7.72. The van der Waals surface area contributed by atoms with Gasteiger partial charge in [-0.3, -0.25) is 4.90 Å². The van der Waals surface area contributed by atoms with Crippen LogP contribution in [-0.2, 0) is 0 Å². The van der Waals surface area contributed by atoms with Gasteiger partial charge < -0.3 is 4.90 Å². The Hall–Kier alpha value is -0.590. The monoisotopic (exact) mass is 221 g/mol. The van der Waals surface area contributed by atoms with Crippen LogP contribution >= 0.6 is 0 Å². The predicted octanol–water partition coefficient (Wildman–Crippen LogP) is 1.70. The zero-order valence-corrected chi connectivity index (χ0v) is 10.5. The number of likely N-dealkylation sites (tertiary alicyclic amines) is 1. The zero-order chi connectivity index (χ0) is 11.5. The van der Waals surface area contributed by atoms with Crippen molar-refractivity contribution in [1.29, 1.82) is 5.26 Å². The molecule has 3 unspecified atom stereocenters. The molecule has 90 valence electrons. The van der Waals surface area contributed by atoms with Crippen molar-refractivity contribution in [3.8, 4) is 6.07 Å². The van der Waals surface area contributed by atoms with Crippen LogP contribution in [0.1, 0.15) is 32.1 Å². The van der Waals surface area contributed by atoms with Crippen LogP contribution < -0.4 is 0 Å². The summed E-state index contributed by atoms with van der Waals surface area (Å²) in [5.41, 5.74) is 0. The molecule has 0 aromatic heterocycles. The molecule has 1 aliphatic carbocycles. The van der Waals surface area contributed by atoms with Crippen LogP contribution in [0.4, 0.5) is 0 Å². The number of nitrogens with zero attached hydrogens (tertiary/aromatic N) is 3. The summed E-state index contributed by atoms with van der Waals surface area (Å²) in [5.74, 6) is 0.287. The molecule has 3 nitrogen and oxygen atoms in total. The molecule has 1 saturated carbocycles. The largest absolute Gasteiger partial charge is 0.305 e. The average Bonchev–Trinajstić information content (AvgIpc) is 2.78. The summed E-state index contributed by atoms with van der Waals surface area (Å²) in [7, 11) is 4.33. The molecule has 0 radical (unpaired) electrons. The van der Waals surface area contributed by atoms with Gasteiger partial charge in [-0.25, -0.2) is 0 Å². The Morgan fingerprint density at radius 3 is 2.56 bits per heavy atom.